The zero-order valence-electron chi connectivity index (χ0n) is 16.2. The van der Waals surface area contributed by atoms with Gasteiger partial charge in [0.1, 0.15) is 6.21 Å². The second-order valence-corrected chi connectivity index (χ2v) is 8.48. The highest BCUT2D eigenvalue weighted by molar-refractivity contribution is 7.90. The number of nitrogens with zero attached hydrogens (tertiary/aromatic N) is 3. The summed E-state index contributed by atoms with van der Waals surface area (Å²) in [7, 11) is -3.06. The second-order valence-electron chi connectivity index (χ2n) is 6.03. The Balaban J connectivity index is 1.83. The topological polar surface area (TPSA) is 123 Å². The minimum absolute atomic E-state index is 0.0124. The number of sulfonamides is 1. The molecule has 0 fully saturated rings. The fourth-order valence-electron chi connectivity index (χ4n) is 2.32. The van der Waals surface area contributed by atoms with Crippen LogP contribution in [0.25, 0.3) is 0 Å². The van der Waals surface area contributed by atoms with Crippen LogP contribution >= 0.6 is 23.2 Å². The lowest BCUT2D eigenvalue weighted by atomic mass is 10.3. The van der Waals surface area contributed by atoms with Crippen LogP contribution in [0.1, 0.15) is 0 Å². The molecule has 3 rings (SSSR count). The molecule has 0 amide bonds. The average molecular weight is 498 g/mol. The van der Waals surface area contributed by atoms with Crippen LogP contribution in [0.15, 0.2) is 58.0 Å². The number of hydrogen-bond acceptors (Lipinski definition) is 8. The van der Waals surface area contributed by atoms with Gasteiger partial charge in [-0.15, -0.1) is 0 Å². The lowest BCUT2D eigenvalue weighted by molar-refractivity contribution is -0.132. The van der Waals surface area contributed by atoms with Crippen molar-refractivity contribution in [2.24, 2.45) is 4.40 Å². The van der Waals surface area contributed by atoms with E-state index in [1.807, 2.05) is 0 Å². The zero-order valence-corrected chi connectivity index (χ0v) is 18.5. The predicted molar refractivity (Wildman–Crippen MR) is 119 cm³/mol. The smallest absolute Gasteiger partial charge is 0.350 e. The van der Waals surface area contributed by atoms with Crippen LogP contribution in [-0.4, -0.2) is 37.7 Å². The van der Waals surface area contributed by atoms with E-state index in [-0.39, 0.29) is 27.4 Å². The fourth-order valence-corrected chi connectivity index (χ4v) is 3.49. The van der Waals surface area contributed by atoms with E-state index < -0.39 is 21.8 Å². The number of halogens is 3. The normalized spacial score (nSPS) is 11.4. The van der Waals surface area contributed by atoms with Crippen molar-refractivity contribution in [3.05, 3.63) is 64.5 Å². The molecule has 0 saturated carbocycles. The van der Waals surface area contributed by atoms with Gasteiger partial charge in [0.2, 0.25) is 5.95 Å². The third-order valence-corrected chi connectivity index (χ3v) is 5.78. The molecule has 2 N–H and O–H groups in total. The lowest BCUT2D eigenvalue weighted by Gasteiger charge is -2.10. The van der Waals surface area contributed by atoms with E-state index in [1.54, 1.807) is 18.2 Å². The van der Waals surface area contributed by atoms with Gasteiger partial charge in [-0.25, -0.2) is 14.2 Å². The average Bonchev–Trinajstić information content (AvgIpc) is 2.77. The summed E-state index contributed by atoms with van der Waals surface area (Å²) in [6.45, 7) is 0. The molecule has 166 valence electrons. The predicted octanol–water partition coefficient (Wildman–Crippen LogP) is 4.34. The van der Waals surface area contributed by atoms with E-state index in [4.69, 9.17) is 23.2 Å². The van der Waals surface area contributed by atoms with Gasteiger partial charge in [0.05, 0.1) is 28.2 Å². The van der Waals surface area contributed by atoms with E-state index in [9.17, 15) is 17.6 Å². The van der Waals surface area contributed by atoms with Gasteiger partial charge < -0.3 is 15.4 Å². The van der Waals surface area contributed by atoms with E-state index >= 15 is 0 Å². The number of benzene rings is 2. The van der Waals surface area contributed by atoms with Crippen LogP contribution in [0, 0.1) is 5.82 Å². The Morgan fingerprint density at radius 1 is 1.12 bits per heavy atom. The highest BCUT2D eigenvalue weighted by Crippen LogP contribution is 2.28. The molecule has 0 radical (unpaired) electrons. The molecule has 0 bridgehead atoms. The number of hydrogen-bond donors (Lipinski definition) is 2. The highest BCUT2D eigenvalue weighted by Gasteiger charge is 2.14. The Kier molecular flexibility index (Phi) is 7.23. The van der Waals surface area contributed by atoms with E-state index in [2.05, 4.69) is 29.7 Å². The molecule has 0 aliphatic rings. The Bertz CT molecular complexity index is 1300. The van der Waals surface area contributed by atoms with Gasteiger partial charge in [0.15, 0.2) is 11.6 Å². The van der Waals surface area contributed by atoms with Crippen LogP contribution in [0.3, 0.4) is 0 Å². The summed E-state index contributed by atoms with van der Waals surface area (Å²) < 4.78 is 46.3. The van der Waals surface area contributed by atoms with Gasteiger partial charge in [0, 0.05) is 11.4 Å². The number of ether oxygens (including phenoxy) is 1. The number of nitrogens with one attached hydrogen (secondary N) is 2. The first-order valence-electron chi connectivity index (χ1n) is 8.68. The molecule has 3 aromatic rings. The quantitative estimate of drug-likeness (QED) is 0.364. The Hall–Kier alpha value is -3.28. The maximum absolute atomic E-state index is 14.2. The summed E-state index contributed by atoms with van der Waals surface area (Å²) >= 11 is 11.8. The molecule has 0 aliphatic carbocycles. The molecule has 0 unspecified atom stereocenters. The van der Waals surface area contributed by atoms with E-state index in [1.165, 1.54) is 24.3 Å². The number of carbonyl (C=O) groups is 1. The maximum atomic E-state index is 14.2. The third-order valence-electron chi connectivity index (χ3n) is 3.81. The van der Waals surface area contributed by atoms with Crippen molar-refractivity contribution in [1.82, 2.24) is 9.97 Å². The Morgan fingerprint density at radius 2 is 1.88 bits per heavy atom. The SMILES string of the molecule is COC(=O)/C=N/S(=O)(=O)c1cccc(Nc2ncc(F)c(Nc3ccc(Cl)c(Cl)c3)n2)c1. The molecule has 32 heavy (non-hydrogen) atoms. The zero-order chi connectivity index (χ0) is 23.3. The molecule has 1 aromatic heterocycles. The highest BCUT2D eigenvalue weighted by atomic mass is 35.5. The first-order chi connectivity index (χ1) is 15.2. The number of aromatic nitrogens is 2. The van der Waals surface area contributed by atoms with Crippen LogP contribution in [0.4, 0.5) is 27.5 Å². The second kappa shape index (κ2) is 9.90. The summed E-state index contributed by atoms with van der Waals surface area (Å²) in [6.07, 6.45) is 1.50. The van der Waals surface area contributed by atoms with Crippen molar-refractivity contribution in [3.63, 3.8) is 0 Å². The van der Waals surface area contributed by atoms with Crippen molar-refractivity contribution >= 4 is 68.6 Å². The number of carbonyl (C=O) groups excluding carboxylic acids is 1. The summed E-state index contributed by atoms with van der Waals surface area (Å²) in [5.41, 5.74) is 0.728. The first-order valence-corrected chi connectivity index (χ1v) is 10.9. The van der Waals surface area contributed by atoms with Crippen molar-refractivity contribution in [2.45, 2.75) is 4.90 Å². The van der Waals surface area contributed by atoms with Gasteiger partial charge in [0.25, 0.3) is 10.0 Å². The van der Waals surface area contributed by atoms with Crippen molar-refractivity contribution in [2.75, 3.05) is 17.7 Å². The maximum Gasteiger partial charge on any atom is 0.350 e. The van der Waals surface area contributed by atoms with E-state index in [0.29, 0.717) is 16.9 Å². The lowest BCUT2D eigenvalue weighted by Crippen LogP contribution is -2.06. The summed E-state index contributed by atoms with van der Waals surface area (Å²) in [4.78, 5) is 18.8. The largest absolute Gasteiger partial charge is 0.465 e. The molecule has 0 saturated heterocycles. The first kappa shape index (κ1) is 23.4. The van der Waals surface area contributed by atoms with Crippen molar-refractivity contribution < 1.29 is 22.3 Å². The summed E-state index contributed by atoms with van der Waals surface area (Å²) in [5, 5.41) is 6.17. The van der Waals surface area contributed by atoms with Crippen LogP contribution in [-0.2, 0) is 19.6 Å². The van der Waals surface area contributed by atoms with Crippen molar-refractivity contribution in [3.8, 4) is 0 Å². The van der Waals surface area contributed by atoms with Crippen LogP contribution < -0.4 is 10.6 Å². The molecule has 9 nitrogen and oxygen atoms in total. The Morgan fingerprint density at radius 3 is 2.59 bits per heavy atom. The number of rotatable bonds is 7. The number of esters is 1. The minimum atomic E-state index is -4.15. The van der Waals surface area contributed by atoms with Gasteiger partial charge in [-0.05, 0) is 36.4 Å². The van der Waals surface area contributed by atoms with Crippen LogP contribution in [0.2, 0.25) is 10.0 Å². The molecule has 2 aromatic carbocycles. The third kappa shape index (κ3) is 5.90. The molecule has 13 heteroatoms. The van der Waals surface area contributed by atoms with Crippen molar-refractivity contribution in [1.29, 1.82) is 0 Å². The molecule has 1 heterocycles. The molecule has 0 spiro atoms. The minimum Gasteiger partial charge on any atom is -0.465 e. The van der Waals surface area contributed by atoms with Gasteiger partial charge >= 0.3 is 5.97 Å². The van der Waals surface area contributed by atoms with Gasteiger partial charge in [-0.1, -0.05) is 29.3 Å². The van der Waals surface area contributed by atoms with Crippen LogP contribution in [0.5, 0.6) is 0 Å². The molecular formula is C19H14Cl2FN5O4S. The number of anilines is 4. The fraction of sp³-hybridized carbons (Fsp3) is 0.0526. The molecule has 0 atom stereocenters. The molecular weight excluding hydrogens is 484 g/mol. The standard InChI is InChI=1S/C19H14Cl2FN5O4S/c1-31-17(28)10-24-32(29,30)13-4-2-3-11(7-13)26-19-23-9-16(22)18(27-19)25-12-5-6-14(20)15(21)8-12/h2-10H,1H3,(H2,23,25,26,27)/b24-10+. The van der Waals surface area contributed by atoms with Gasteiger partial charge in [-0.3, -0.25) is 0 Å². The summed E-state index contributed by atoms with van der Waals surface area (Å²) in [6, 6.07) is 10.2. The van der Waals surface area contributed by atoms with Gasteiger partial charge in [-0.2, -0.15) is 17.8 Å². The van der Waals surface area contributed by atoms with E-state index in [0.717, 1.165) is 13.3 Å². The Labute approximate surface area is 192 Å². The monoisotopic (exact) mass is 497 g/mol. The molecule has 0 aliphatic heterocycles. The summed E-state index contributed by atoms with van der Waals surface area (Å²) in [5.74, 6) is -1.80. The number of methoxy groups -OCH3 is 1.